The van der Waals surface area contributed by atoms with Crippen molar-refractivity contribution in [2.75, 3.05) is 0 Å². The van der Waals surface area contributed by atoms with E-state index in [-0.39, 0.29) is 17.0 Å². The van der Waals surface area contributed by atoms with Crippen LogP contribution in [0.5, 0.6) is 5.75 Å². The third-order valence-corrected chi connectivity index (χ3v) is 2.77. The number of carbonyl (C=O) groups excluding carboxylic acids is 1. The van der Waals surface area contributed by atoms with Gasteiger partial charge >= 0.3 is 0 Å². The van der Waals surface area contributed by atoms with Crippen LogP contribution in [0.15, 0.2) is 41.0 Å². The Morgan fingerprint density at radius 3 is 2.83 bits per heavy atom. The fraction of sp³-hybridized carbons (Fsp3) is 0.0769. The molecule has 0 saturated heterocycles. The lowest BCUT2D eigenvalue weighted by Gasteiger charge is -1.96. The highest BCUT2D eigenvalue weighted by molar-refractivity contribution is 9.10. The fourth-order valence-corrected chi connectivity index (χ4v) is 1.48. The maximum atomic E-state index is 11.8. The molecule has 0 amide bonds. The van der Waals surface area contributed by atoms with Crippen LogP contribution in [0.1, 0.15) is 16.1 Å². The first-order chi connectivity index (χ1) is 8.45. The van der Waals surface area contributed by atoms with Gasteiger partial charge < -0.3 is 10.1 Å². The van der Waals surface area contributed by atoms with Gasteiger partial charge in [0.15, 0.2) is 0 Å². The zero-order valence-electron chi connectivity index (χ0n) is 9.70. The summed E-state index contributed by atoms with van der Waals surface area (Å²) in [6, 6.07) is 6.31. The van der Waals surface area contributed by atoms with Crippen LogP contribution in [0.4, 0.5) is 0 Å². The Morgan fingerprint density at radius 1 is 1.56 bits per heavy atom. The molecule has 18 heavy (non-hydrogen) atoms. The molecule has 0 aliphatic heterocycles. The molecule has 92 valence electrons. The zero-order chi connectivity index (χ0) is 13.7. The molecular weight excluding hydrogens is 296 g/mol. The third kappa shape index (κ3) is 3.47. The van der Waals surface area contributed by atoms with Crippen LogP contribution in [0.25, 0.3) is 0 Å². The molecule has 4 nitrogen and oxygen atoms in total. The number of hydrogen-bond acceptors (Lipinski definition) is 3. The fourth-order valence-electron chi connectivity index (χ4n) is 1.23. The van der Waals surface area contributed by atoms with Crippen molar-refractivity contribution in [3.8, 4) is 11.8 Å². The summed E-state index contributed by atoms with van der Waals surface area (Å²) in [6.07, 6.45) is 1.49. The van der Waals surface area contributed by atoms with E-state index in [2.05, 4.69) is 27.5 Å². The van der Waals surface area contributed by atoms with Crippen molar-refractivity contribution in [2.45, 2.75) is 6.92 Å². The van der Waals surface area contributed by atoms with Crippen molar-refractivity contribution < 1.29 is 9.90 Å². The summed E-state index contributed by atoms with van der Waals surface area (Å²) < 4.78 is 0.482. The van der Waals surface area contributed by atoms with Crippen molar-refractivity contribution in [3.05, 3.63) is 52.3 Å². The Labute approximate surface area is 113 Å². The van der Waals surface area contributed by atoms with E-state index in [9.17, 15) is 9.90 Å². The Hall–Kier alpha value is -2.06. The van der Waals surface area contributed by atoms with Crippen molar-refractivity contribution in [3.63, 3.8) is 0 Å². The molecule has 1 rings (SSSR count). The van der Waals surface area contributed by atoms with Crippen molar-refractivity contribution in [2.24, 2.45) is 0 Å². The topological polar surface area (TPSA) is 76.9 Å². The highest BCUT2D eigenvalue weighted by atomic mass is 79.9. The van der Waals surface area contributed by atoms with E-state index in [0.29, 0.717) is 10.0 Å². The number of Topliss-reactive ketones (excluding diaryl/α,β-unsaturated/α-hetero) is 1. The molecule has 0 atom stereocenters. The Balaban J connectivity index is 3.47. The van der Waals surface area contributed by atoms with Gasteiger partial charge in [-0.3, -0.25) is 4.79 Å². The summed E-state index contributed by atoms with van der Waals surface area (Å²) in [4.78, 5) is 14.6. The monoisotopic (exact) mass is 306 g/mol. The van der Waals surface area contributed by atoms with Crippen LogP contribution < -0.4 is 0 Å². The molecule has 0 unspecified atom stereocenters. The lowest BCUT2D eigenvalue weighted by Crippen LogP contribution is -2.02. The van der Waals surface area contributed by atoms with E-state index in [4.69, 9.17) is 5.26 Å². The molecule has 5 heteroatoms. The lowest BCUT2D eigenvalue weighted by molar-refractivity contribution is 0.103. The first kappa shape index (κ1) is 14.0. The molecule has 1 heterocycles. The number of rotatable bonds is 2. The summed E-state index contributed by atoms with van der Waals surface area (Å²) in [5.74, 6) is -0.429. The number of carbonyl (C=O) groups is 1. The largest absolute Gasteiger partial charge is 0.507 e. The summed E-state index contributed by atoms with van der Waals surface area (Å²) in [7, 11) is 0. The second-order valence-corrected chi connectivity index (χ2v) is 4.43. The Kier molecular flexibility index (Phi) is 4.69. The summed E-state index contributed by atoms with van der Waals surface area (Å²) >= 11 is 3.18. The predicted molar refractivity (Wildman–Crippen MR) is 71.6 cm³/mol. The molecule has 0 saturated carbocycles. The SMILES string of the molecule is C=C(C#N)C(=O)c1cc(C)cc(O)c(Br)cc[nH]1. The highest BCUT2D eigenvalue weighted by Gasteiger charge is 2.09. The molecule has 2 N–H and O–H groups in total. The van der Waals surface area contributed by atoms with Crippen LogP contribution in [-0.4, -0.2) is 15.9 Å². The van der Waals surface area contributed by atoms with Crippen LogP contribution in [0.2, 0.25) is 0 Å². The van der Waals surface area contributed by atoms with Crippen LogP contribution in [-0.2, 0) is 0 Å². The van der Waals surface area contributed by atoms with Crippen molar-refractivity contribution in [1.82, 2.24) is 4.98 Å². The second-order valence-electron chi connectivity index (χ2n) is 3.58. The molecule has 0 spiro atoms. The normalized spacial score (nSPS) is 9.17. The minimum Gasteiger partial charge on any atom is -0.507 e. The van der Waals surface area contributed by atoms with E-state index in [1.54, 1.807) is 19.1 Å². The van der Waals surface area contributed by atoms with Crippen LogP contribution in [0, 0.1) is 18.3 Å². The predicted octanol–water partition coefficient (Wildman–Crippen LogP) is 3.18. The van der Waals surface area contributed by atoms with Crippen molar-refractivity contribution >= 4 is 21.7 Å². The quantitative estimate of drug-likeness (QED) is 0.500. The number of allylic oxidation sites excluding steroid dienone is 1. The van der Waals surface area contributed by atoms with Gasteiger partial charge in [-0.15, -0.1) is 0 Å². The molecule has 1 aromatic heterocycles. The smallest absolute Gasteiger partial charge is 0.219 e. The first-order valence-corrected chi connectivity index (χ1v) is 5.80. The number of aryl methyl sites for hydroxylation is 1. The van der Waals surface area contributed by atoms with E-state index in [0.717, 1.165) is 0 Å². The number of hydrogen-bond donors (Lipinski definition) is 2. The summed E-state index contributed by atoms with van der Waals surface area (Å²) in [5, 5.41) is 18.3. The van der Waals surface area contributed by atoms with Gasteiger partial charge in [0.25, 0.3) is 0 Å². The number of H-pyrrole nitrogens is 1. The number of aromatic hydroxyl groups is 1. The highest BCUT2D eigenvalue weighted by Crippen LogP contribution is 2.21. The van der Waals surface area contributed by atoms with Crippen LogP contribution >= 0.6 is 15.9 Å². The number of nitriles is 1. The molecule has 0 fully saturated rings. The van der Waals surface area contributed by atoms with Gasteiger partial charge in [0, 0.05) is 6.20 Å². The average molecular weight is 307 g/mol. The number of nitrogens with one attached hydrogen (secondary N) is 1. The molecule has 0 aliphatic carbocycles. The van der Waals surface area contributed by atoms with E-state index < -0.39 is 5.78 Å². The maximum Gasteiger partial charge on any atom is 0.219 e. The van der Waals surface area contributed by atoms with Gasteiger partial charge in [0.2, 0.25) is 5.78 Å². The van der Waals surface area contributed by atoms with Gasteiger partial charge in [-0.2, -0.15) is 5.26 Å². The van der Waals surface area contributed by atoms with Crippen LogP contribution in [0.3, 0.4) is 0 Å². The summed E-state index contributed by atoms with van der Waals surface area (Å²) in [5.41, 5.74) is 0.738. The Bertz CT molecular complexity index is 596. The molecule has 0 radical (unpaired) electrons. The van der Waals surface area contributed by atoms with Gasteiger partial charge in [0.05, 0.1) is 15.7 Å². The van der Waals surface area contributed by atoms with Gasteiger partial charge in [-0.05, 0) is 46.6 Å². The number of aromatic nitrogens is 1. The van der Waals surface area contributed by atoms with E-state index in [1.807, 2.05) is 0 Å². The number of nitrogens with zero attached hydrogens (tertiary/aromatic N) is 1. The Morgan fingerprint density at radius 2 is 2.22 bits per heavy atom. The average Bonchev–Trinajstić information content (AvgIpc) is 2.39. The zero-order valence-corrected chi connectivity index (χ0v) is 11.3. The van der Waals surface area contributed by atoms with Crippen molar-refractivity contribution in [1.29, 1.82) is 5.26 Å². The standard InChI is InChI=1S/C13H11BrN2O2/c1-8-5-11(13(18)9(2)7-15)16-4-3-10(14)12(17)6-8/h3-6,16-17H,2H2,1H3. The van der Waals surface area contributed by atoms with Gasteiger partial charge in [-0.25, -0.2) is 0 Å². The molecule has 0 bridgehead atoms. The van der Waals surface area contributed by atoms with E-state index in [1.165, 1.54) is 18.3 Å². The maximum absolute atomic E-state index is 11.8. The number of aromatic amines is 1. The number of halogens is 1. The van der Waals surface area contributed by atoms with E-state index >= 15 is 0 Å². The molecular formula is C13H11BrN2O2. The molecule has 0 aliphatic rings. The number of ketones is 1. The second kappa shape index (κ2) is 6.03. The minimum atomic E-state index is -0.479. The van der Waals surface area contributed by atoms with Gasteiger partial charge in [0.1, 0.15) is 11.8 Å². The molecule has 1 aromatic rings. The first-order valence-electron chi connectivity index (χ1n) is 5.01. The summed E-state index contributed by atoms with van der Waals surface area (Å²) in [6.45, 7) is 5.10. The molecule has 0 aromatic carbocycles. The minimum absolute atomic E-state index is 0.0506. The van der Waals surface area contributed by atoms with Gasteiger partial charge in [-0.1, -0.05) is 6.58 Å². The lowest BCUT2D eigenvalue weighted by atomic mass is 10.1. The third-order valence-electron chi connectivity index (χ3n) is 2.10.